The number of para-hydroxylation sites is 1. The number of aryl methyl sites for hydroxylation is 1. The van der Waals surface area contributed by atoms with Crippen LogP contribution in [0.2, 0.25) is 5.02 Å². The molecule has 142 valence electrons. The number of fused-ring (bicyclic) bond motifs is 1. The van der Waals surface area contributed by atoms with Crippen molar-refractivity contribution in [3.63, 3.8) is 0 Å². The van der Waals surface area contributed by atoms with Crippen LogP contribution in [-0.4, -0.2) is 29.5 Å². The zero-order valence-corrected chi connectivity index (χ0v) is 16.1. The van der Waals surface area contributed by atoms with E-state index in [-0.39, 0.29) is 5.91 Å². The predicted octanol–water partition coefficient (Wildman–Crippen LogP) is 4.48. The third-order valence-corrected chi connectivity index (χ3v) is 4.93. The summed E-state index contributed by atoms with van der Waals surface area (Å²) in [5.41, 5.74) is 3.18. The maximum atomic E-state index is 13.1. The fourth-order valence-electron chi connectivity index (χ4n) is 3.29. The molecule has 1 aromatic heterocycles. The van der Waals surface area contributed by atoms with E-state index in [0.717, 1.165) is 18.5 Å². The van der Waals surface area contributed by atoms with Crippen LogP contribution in [-0.2, 0) is 6.42 Å². The van der Waals surface area contributed by atoms with Crippen LogP contribution in [0.5, 0.6) is 5.75 Å². The van der Waals surface area contributed by atoms with Crippen LogP contribution in [0, 0.1) is 0 Å². The Kier molecular flexibility index (Phi) is 5.12. The van der Waals surface area contributed by atoms with Crippen LogP contribution >= 0.6 is 11.6 Å². The van der Waals surface area contributed by atoms with Crippen molar-refractivity contribution < 1.29 is 9.53 Å². The maximum Gasteiger partial charge on any atom is 0.277 e. The summed E-state index contributed by atoms with van der Waals surface area (Å²) in [6, 6.07) is 14.9. The second kappa shape index (κ2) is 7.86. The lowest BCUT2D eigenvalue weighted by Gasteiger charge is -2.29. The Balaban J connectivity index is 1.57. The van der Waals surface area contributed by atoms with Gasteiger partial charge in [0, 0.05) is 24.1 Å². The average Bonchev–Trinajstić information content (AvgIpc) is 2.73. The van der Waals surface area contributed by atoms with Gasteiger partial charge in [0.25, 0.3) is 5.91 Å². The Bertz CT molecular complexity index is 1020. The summed E-state index contributed by atoms with van der Waals surface area (Å²) in [5, 5.41) is 3.56. The van der Waals surface area contributed by atoms with Crippen LogP contribution < -0.4 is 15.0 Å². The summed E-state index contributed by atoms with van der Waals surface area (Å²) in [5.74, 6) is 0.781. The molecular weight excluding hydrogens is 376 g/mol. The summed E-state index contributed by atoms with van der Waals surface area (Å²) >= 11 is 6.16. The van der Waals surface area contributed by atoms with Crippen molar-refractivity contribution in [2.45, 2.75) is 12.8 Å². The van der Waals surface area contributed by atoms with Gasteiger partial charge < -0.3 is 15.0 Å². The summed E-state index contributed by atoms with van der Waals surface area (Å²) in [7, 11) is 1.56. The van der Waals surface area contributed by atoms with Crippen molar-refractivity contribution in [1.82, 2.24) is 9.97 Å². The first kappa shape index (κ1) is 18.3. The van der Waals surface area contributed by atoms with E-state index in [4.69, 9.17) is 16.3 Å². The smallest absolute Gasteiger partial charge is 0.277 e. The van der Waals surface area contributed by atoms with Gasteiger partial charge in [-0.3, -0.25) is 4.79 Å². The quantitative estimate of drug-likeness (QED) is 0.706. The van der Waals surface area contributed by atoms with Gasteiger partial charge in [0.1, 0.15) is 11.4 Å². The summed E-state index contributed by atoms with van der Waals surface area (Å²) in [6.45, 7) is 0.677. The summed E-state index contributed by atoms with van der Waals surface area (Å²) < 4.78 is 5.16. The number of benzene rings is 2. The standard InChI is InChI=1S/C21H19ClN4O2/c1-28-19-9-8-15(13-16(19)22)24-21-23-11-10-17(25-21)20(27)26-12-4-6-14-5-2-3-7-18(14)26/h2-3,5,7-11,13H,4,6,12H2,1H3,(H,23,24,25). The molecule has 0 spiro atoms. The number of nitrogens with zero attached hydrogens (tertiary/aromatic N) is 3. The number of ether oxygens (including phenoxy) is 1. The van der Waals surface area contributed by atoms with Gasteiger partial charge >= 0.3 is 0 Å². The highest BCUT2D eigenvalue weighted by Gasteiger charge is 2.24. The molecule has 1 aliphatic rings. The number of halogens is 1. The van der Waals surface area contributed by atoms with Crippen molar-refractivity contribution in [2.24, 2.45) is 0 Å². The van der Waals surface area contributed by atoms with Crippen LogP contribution in [0.25, 0.3) is 0 Å². The molecule has 3 aromatic rings. The molecule has 0 saturated carbocycles. The zero-order valence-electron chi connectivity index (χ0n) is 15.4. The normalized spacial score (nSPS) is 13.0. The third kappa shape index (κ3) is 3.64. The third-order valence-electron chi connectivity index (χ3n) is 4.64. The van der Waals surface area contributed by atoms with Crippen LogP contribution in [0.1, 0.15) is 22.5 Å². The van der Waals surface area contributed by atoms with Gasteiger partial charge in [0.2, 0.25) is 5.95 Å². The Labute approximate surface area is 168 Å². The zero-order chi connectivity index (χ0) is 19.5. The minimum atomic E-state index is -0.134. The first-order chi connectivity index (χ1) is 13.7. The molecule has 1 aliphatic heterocycles. The minimum Gasteiger partial charge on any atom is -0.495 e. The van der Waals surface area contributed by atoms with E-state index >= 15 is 0 Å². The van der Waals surface area contributed by atoms with Crippen molar-refractivity contribution in [3.8, 4) is 5.75 Å². The number of methoxy groups -OCH3 is 1. The lowest BCUT2D eigenvalue weighted by molar-refractivity contribution is 0.0980. The van der Waals surface area contributed by atoms with Crippen molar-refractivity contribution in [1.29, 1.82) is 0 Å². The number of hydrogen-bond donors (Lipinski definition) is 1. The Morgan fingerprint density at radius 2 is 2.07 bits per heavy atom. The Hall–Kier alpha value is -3.12. The van der Waals surface area contributed by atoms with E-state index in [1.807, 2.05) is 24.3 Å². The van der Waals surface area contributed by atoms with E-state index in [9.17, 15) is 4.79 Å². The molecule has 0 atom stereocenters. The predicted molar refractivity (Wildman–Crippen MR) is 110 cm³/mol. The molecule has 28 heavy (non-hydrogen) atoms. The van der Waals surface area contributed by atoms with Crippen LogP contribution in [0.3, 0.4) is 0 Å². The van der Waals surface area contributed by atoms with Crippen LogP contribution in [0.15, 0.2) is 54.7 Å². The topological polar surface area (TPSA) is 67.3 Å². The molecule has 4 rings (SSSR count). The van der Waals surface area contributed by atoms with Gasteiger partial charge in [-0.15, -0.1) is 0 Å². The van der Waals surface area contributed by atoms with E-state index in [0.29, 0.717) is 34.6 Å². The number of aromatic nitrogens is 2. The van der Waals surface area contributed by atoms with Gasteiger partial charge in [0.15, 0.2) is 0 Å². The highest BCUT2D eigenvalue weighted by Crippen LogP contribution is 2.29. The van der Waals surface area contributed by atoms with Gasteiger partial charge in [0.05, 0.1) is 12.1 Å². The number of hydrogen-bond acceptors (Lipinski definition) is 5. The molecular formula is C21H19ClN4O2. The number of carbonyl (C=O) groups excluding carboxylic acids is 1. The monoisotopic (exact) mass is 394 g/mol. The van der Waals surface area contributed by atoms with E-state index < -0.39 is 0 Å². The Morgan fingerprint density at radius 1 is 1.21 bits per heavy atom. The first-order valence-corrected chi connectivity index (χ1v) is 9.37. The lowest BCUT2D eigenvalue weighted by Crippen LogP contribution is -2.36. The SMILES string of the molecule is COc1ccc(Nc2nccc(C(=O)N3CCCc4ccccc43)n2)cc1Cl. The molecule has 0 bridgehead atoms. The highest BCUT2D eigenvalue weighted by molar-refractivity contribution is 6.32. The van der Waals surface area contributed by atoms with E-state index in [1.54, 1.807) is 36.4 Å². The lowest BCUT2D eigenvalue weighted by atomic mass is 10.0. The van der Waals surface area contributed by atoms with Gasteiger partial charge in [-0.05, 0) is 48.7 Å². The molecule has 2 heterocycles. The van der Waals surface area contributed by atoms with Crippen molar-refractivity contribution in [3.05, 3.63) is 71.0 Å². The molecule has 0 fully saturated rings. The molecule has 1 N–H and O–H groups in total. The first-order valence-electron chi connectivity index (χ1n) is 8.99. The van der Waals surface area contributed by atoms with Crippen LogP contribution in [0.4, 0.5) is 17.3 Å². The summed E-state index contributed by atoms with van der Waals surface area (Å²) in [4.78, 5) is 23.5. The fraction of sp³-hybridized carbons (Fsp3) is 0.190. The largest absolute Gasteiger partial charge is 0.495 e. The van der Waals surface area contributed by atoms with Crippen molar-refractivity contribution >= 4 is 34.8 Å². The van der Waals surface area contributed by atoms with E-state index in [2.05, 4.69) is 21.4 Å². The molecule has 2 aromatic carbocycles. The maximum absolute atomic E-state index is 13.1. The average molecular weight is 395 g/mol. The van der Waals surface area contributed by atoms with Crippen molar-refractivity contribution in [2.75, 3.05) is 23.9 Å². The molecule has 0 radical (unpaired) electrons. The molecule has 0 unspecified atom stereocenters. The van der Waals surface area contributed by atoms with Gasteiger partial charge in [-0.1, -0.05) is 29.8 Å². The highest BCUT2D eigenvalue weighted by atomic mass is 35.5. The number of anilines is 3. The van der Waals surface area contributed by atoms with Gasteiger partial charge in [-0.2, -0.15) is 0 Å². The number of nitrogens with one attached hydrogen (secondary N) is 1. The summed E-state index contributed by atoms with van der Waals surface area (Å²) in [6.07, 6.45) is 3.49. The van der Waals surface area contributed by atoms with Gasteiger partial charge in [-0.25, -0.2) is 9.97 Å². The second-order valence-corrected chi connectivity index (χ2v) is 6.84. The molecule has 6 nitrogen and oxygen atoms in total. The number of amides is 1. The number of rotatable bonds is 4. The Morgan fingerprint density at radius 3 is 2.89 bits per heavy atom. The van der Waals surface area contributed by atoms with E-state index in [1.165, 1.54) is 5.56 Å². The second-order valence-electron chi connectivity index (χ2n) is 6.43. The number of carbonyl (C=O) groups is 1. The molecule has 0 aliphatic carbocycles. The molecule has 1 amide bonds. The molecule has 7 heteroatoms. The molecule has 0 saturated heterocycles. The fourth-order valence-corrected chi connectivity index (χ4v) is 3.55. The minimum absolute atomic E-state index is 0.134.